The van der Waals surface area contributed by atoms with Crippen LogP contribution in [0.4, 0.5) is 4.79 Å². The number of carbonyl (C=O) groups is 1. The summed E-state index contributed by atoms with van der Waals surface area (Å²) < 4.78 is 7.56. The second-order valence-corrected chi connectivity index (χ2v) is 5.93. The molecule has 0 aliphatic rings. The van der Waals surface area contributed by atoms with Gasteiger partial charge in [-0.3, -0.25) is 0 Å². The molecular formula is C13H14BrN3O2. The van der Waals surface area contributed by atoms with E-state index in [2.05, 4.69) is 26.1 Å². The van der Waals surface area contributed by atoms with E-state index in [0.717, 1.165) is 10.0 Å². The average Bonchev–Trinajstić information content (AvgIpc) is 2.76. The van der Waals surface area contributed by atoms with Crippen molar-refractivity contribution in [2.45, 2.75) is 26.4 Å². The predicted molar refractivity (Wildman–Crippen MR) is 74.8 cm³/mol. The summed E-state index contributed by atoms with van der Waals surface area (Å²) in [6, 6.07) is 7.47. The predicted octanol–water partition coefficient (Wildman–Crippen LogP) is 3.49. The molecule has 0 bridgehead atoms. The fraction of sp³-hybridized carbons (Fsp3) is 0.308. The maximum Gasteiger partial charge on any atom is 0.421 e. The molecule has 0 aliphatic heterocycles. The first-order chi connectivity index (χ1) is 8.87. The molecular weight excluding hydrogens is 310 g/mol. The zero-order valence-corrected chi connectivity index (χ0v) is 12.5. The van der Waals surface area contributed by atoms with Crippen LogP contribution in [0.25, 0.3) is 11.4 Å². The molecule has 0 aliphatic carbocycles. The van der Waals surface area contributed by atoms with Crippen LogP contribution >= 0.6 is 15.9 Å². The number of benzene rings is 1. The maximum absolute atomic E-state index is 12.0. The van der Waals surface area contributed by atoms with Gasteiger partial charge in [0.25, 0.3) is 0 Å². The summed E-state index contributed by atoms with van der Waals surface area (Å²) in [5, 5.41) is 7.74. The minimum atomic E-state index is -0.557. The number of nitrogens with zero attached hydrogens (tertiary/aromatic N) is 3. The average molecular weight is 324 g/mol. The molecule has 0 spiro atoms. The molecule has 0 atom stereocenters. The van der Waals surface area contributed by atoms with Gasteiger partial charge in [0, 0.05) is 10.0 Å². The van der Waals surface area contributed by atoms with Gasteiger partial charge >= 0.3 is 6.09 Å². The Hall–Kier alpha value is -1.69. The summed E-state index contributed by atoms with van der Waals surface area (Å²) in [5.41, 5.74) is 0.241. The van der Waals surface area contributed by atoms with E-state index in [1.807, 2.05) is 45.0 Å². The third kappa shape index (κ3) is 3.41. The smallest absolute Gasteiger partial charge is 0.421 e. The number of hydrogen-bond acceptors (Lipinski definition) is 4. The molecule has 5 nitrogen and oxygen atoms in total. The highest BCUT2D eigenvalue weighted by atomic mass is 79.9. The van der Waals surface area contributed by atoms with E-state index in [-0.39, 0.29) is 0 Å². The number of hydrogen-bond donors (Lipinski definition) is 0. The minimum absolute atomic E-state index is 0.460. The van der Waals surface area contributed by atoms with Gasteiger partial charge in [0.05, 0.1) is 0 Å². The molecule has 0 fully saturated rings. The standard InChI is InChI=1S/C13H14BrN3O2/c1-13(2,3)19-12(18)17-8-15-16-11(17)9-4-6-10(14)7-5-9/h4-8H,1-3H3. The molecule has 1 aromatic heterocycles. The summed E-state index contributed by atoms with van der Waals surface area (Å²) in [6.45, 7) is 5.44. The molecule has 0 amide bonds. The molecule has 19 heavy (non-hydrogen) atoms. The fourth-order valence-electron chi connectivity index (χ4n) is 1.48. The number of aromatic nitrogens is 3. The van der Waals surface area contributed by atoms with Crippen LogP contribution in [0, 0.1) is 0 Å². The molecule has 0 radical (unpaired) electrons. The van der Waals surface area contributed by atoms with E-state index in [1.165, 1.54) is 10.9 Å². The maximum atomic E-state index is 12.0. The summed E-state index contributed by atoms with van der Waals surface area (Å²) in [5.74, 6) is 0.460. The Balaban J connectivity index is 2.32. The molecule has 2 aromatic rings. The third-order valence-electron chi connectivity index (χ3n) is 2.24. The highest BCUT2D eigenvalue weighted by Gasteiger charge is 2.21. The molecule has 100 valence electrons. The Kier molecular flexibility index (Phi) is 3.71. The Labute approximate surface area is 119 Å². The van der Waals surface area contributed by atoms with Crippen molar-refractivity contribution in [2.75, 3.05) is 0 Å². The van der Waals surface area contributed by atoms with Crippen molar-refractivity contribution < 1.29 is 9.53 Å². The van der Waals surface area contributed by atoms with E-state index in [9.17, 15) is 4.79 Å². The van der Waals surface area contributed by atoms with Crippen molar-refractivity contribution in [3.8, 4) is 11.4 Å². The second kappa shape index (κ2) is 5.13. The van der Waals surface area contributed by atoms with Crippen LogP contribution in [0.3, 0.4) is 0 Å². The lowest BCUT2D eigenvalue weighted by Gasteiger charge is -2.19. The molecule has 0 saturated heterocycles. The molecule has 0 unspecified atom stereocenters. The van der Waals surface area contributed by atoms with Crippen molar-refractivity contribution in [1.82, 2.24) is 14.8 Å². The minimum Gasteiger partial charge on any atom is -0.443 e. The van der Waals surface area contributed by atoms with Crippen LogP contribution in [0.5, 0.6) is 0 Å². The van der Waals surface area contributed by atoms with Crippen LogP contribution in [0.2, 0.25) is 0 Å². The van der Waals surface area contributed by atoms with E-state index in [1.54, 1.807) is 0 Å². The van der Waals surface area contributed by atoms with E-state index in [4.69, 9.17) is 4.74 Å². The molecule has 0 saturated carbocycles. The first-order valence-electron chi connectivity index (χ1n) is 5.76. The quantitative estimate of drug-likeness (QED) is 0.806. The monoisotopic (exact) mass is 323 g/mol. The van der Waals surface area contributed by atoms with Gasteiger partial charge in [0.2, 0.25) is 0 Å². The molecule has 1 heterocycles. The highest BCUT2D eigenvalue weighted by Crippen LogP contribution is 2.20. The van der Waals surface area contributed by atoms with Crippen LogP contribution < -0.4 is 0 Å². The first kappa shape index (κ1) is 13.7. The van der Waals surface area contributed by atoms with Crippen LogP contribution in [0.1, 0.15) is 20.8 Å². The van der Waals surface area contributed by atoms with Crippen molar-refractivity contribution in [2.24, 2.45) is 0 Å². The largest absolute Gasteiger partial charge is 0.443 e. The van der Waals surface area contributed by atoms with Gasteiger partial charge < -0.3 is 4.74 Å². The van der Waals surface area contributed by atoms with E-state index in [0.29, 0.717) is 5.82 Å². The van der Waals surface area contributed by atoms with E-state index >= 15 is 0 Å². The lowest BCUT2D eigenvalue weighted by Crippen LogP contribution is -2.27. The van der Waals surface area contributed by atoms with Gasteiger partial charge in [0.1, 0.15) is 11.9 Å². The van der Waals surface area contributed by atoms with Crippen molar-refractivity contribution >= 4 is 22.0 Å². The fourth-order valence-corrected chi connectivity index (χ4v) is 1.74. The lowest BCUT2D eigenvalue weighted by molar-refractivity contribution is 0.0539. The number of ether oxygens (including phenoxy) is 1. The SMILES string of the molecule is CC(C)(C)OC(=O)n1cnnc1-c1ccc(Br)cc1. The van der Waals surface area contributed by atoms with Gasteiger partial charge in [-0.1, -0.05) is 28.1 Å². The molecule has 6 heteroatoms. The van der Waals surface area contributed by atoms with Gasteiger partial charge in [-0.05, 0) is 32.9 Å². The molecule has 1 aromatic carbocycles. The third-order valence-corrected chi connectivity index (χ3v) is 2.77. The Morgan fingerprint density at radius 2 is 1.89 bits per heavy atom. The topological polar surface area (TPSA) is 57.0 Å². The molecule has 0 N–H and O–H groups in total. The van der Waals surface area contributed by atoms with Crippen molar-refractivity contribution in [1.29, 1.82) is 0 Å². The number of halogens is 1. The van der Waals surface area contributed by atoms with Gasteiger partial charge in [-0.15, -0.1) is 10.2 Å². The summed E-state index contributed by atoms with van der Waals surface area (Å²) in [7, 11) is 0. The summed E-state index contributed by atoms with van der Waals surface area (Å²) in [6.07, 6.45) is 0.862. The number of rotatable bonds is 1. The second-order valence-electron chi connectivity index (χ2n) is 5.01. The van der Waals surface area contributed by atoms with Crippen LogP contribution in [-0.2, 0) is 4.74 Å². The Bertz CT molecular complexity index is 585. The summed E-state index contributed by atoms with van der Waals surface area (Å²) >= 11 is 3.36. The zero-order valence-electron chi connectivity index (χ0n) is 10.9. The van der Waals surface area contributed by atoms with E-state index < -0.39 is 11.7 Å². The lowest BCUT2D eigenvalue weighted by atomic mass is 10.2. The summed E-state index contributed by atoms with van der Waals surface area (Å²) in [4.78, 5) is 12.0. The van der Waals surface area contributed by atoms with Gasteiger partial charge in [-0.25, -0.2) is 9.36 Å². The Morgan fingerprint density at radius 1 is 1.26 bits per heavy atom. The Morgan fingerprint density at radius 3 is 2.47 bits per heavy atom. The molecule has 2 rings (SSSR count). The van der Waals surface area contributed by atoms with Crippen LogP contribution in [-0.4, -0.2) is 26.5 Å². The van der Waals surface area contributed by atoms with Crippen molar-refractivity contribution in [3.05, 3.63) is 35.1 Å². The van der Waals surface area contributed by atoms with Gasteiger partial charge in [-0.2, -0.15) is 0 Å². The van der Waals surface area contributed by atoms with Crippen LogP contribution in [0.15, 0.2) is 35.1 Å². The zero-order chi connectivity index (χ0) is 14.0. The first-order valence-corrected chi connectivity index (χ1v) is 6.55. The highest BCUT2D eigenvalue weighted by molar-refractivity contribution is 9.10. The normalized spacial score (nSPS) is 11.4. The van der Waals surface area contributed by atoms with Crippen molar-refractivity contribution in [3.63, 3.8) is 0 Å². The van der Waals surface area contributed by atoms with Gasteiger partial charge in [0.15, 0.2) is 5.82 Å². The number of carbonyl (C=O) groups excluding carboxylic acids is 1.